The lowest BCUT2D eigenvalue weighted by atomic mass is 9.86. The topological polar surface area (TPSA) is 9.23 Å². The van der Waals surface area contributed by atoms with Crippen molar-refractivity contribution in [1.82, 2.24) is 0 Å². The summed E-state index contributed by atoms with van der Waals surface area (Å²) in [5.74, 6) is -1.08. The van der Waals surface area contributed by atoms with E-state index in [4.69, 9.17) is 16.3 Å². The molecule has 1 aromatic carbocycles. The molecular weight excluding hydrogens is 234 g/mol. The molecule has 0 radical (unpaired) electrons. The Morgan fingerprint density at radius 1 is 1.25 bits per heavy atom. The molecule has 1 aromatic rings. The first-order chi connectivity index (χ1) is 7.70. The van der Waals surface area contributed by atoms with Gasteiger partial charge in [-0.1, -0.05) is 6.42 Å². The monoisotopic (exact) mass is 246 g/mol. The largest absolute Gasteiger partial charge is 0.487 e. The highest BCUT2D eigenvalue weighted by molar-refractivity contribution is 6.17. The molecule has 0 aromatic heterocycles. The second-order valence-electron chi connectivity index (χ2n) is 4.13. The van der Waals surface area contributed by atoms with Crippen LogP contribution in [-0.2, 0) is 5.88 Å². The summed E-state index contributed by atoms with van der Waals surface area (Å²) in [6.45, 7) is 0.397. The normalized spacial score (nSPS) is 15.9. The van der Waals surface area contributed by atoms with Crippen LogP contribution in [0.15, 0.2) is 12.1 Å². The molecule has 0 aliphatic heterocycles. The Bertz CT molecular complexity index is 354. The molecule has 0 spiro atoms. The van der Waals surface area contributed by atoms with Crippen LogP contribution in [0.5, 0.6) is 5.75 Å². The number of benzene rings is 1. The fraction of sp³-hybridized carbons (Fsp3) is 0.500. The zero-order valence-corrected chi connectivity index (χ0v) is 9.57. The fourth-order valence-electron chi connectivity index (χ4n) is 1.69. The van der Waals surface area contributed by atoms with Crippen LogP contribution in [0.2, 0.25) is 0 Å². The quantitative estimate of drug-likeness (QED) is 0.733. The van der Waals surface area contributed by atoms with Crippen molar-refractivity contribution in [2.45, 2.75) is 25.1 Å². The molecule has 1 aliphatic rings. The number of alkyl halides is 1. The van der Waals surface area contributed by atoms with E-state index in [-0.39, 0.29) is 11.6 Å². The van der Waals surface area contributed by atoms with Gasteiger partial charge in [0, 0.05) is 5.88 Å². The molecule has 1 saturated carbocycles. The van der Waals surface area contributed by atoms with Gasteiger partial charge in [-0.2, -0.15) is 0 Å². The van der Waals surface area contributed by atoms with E-state index in [0.717, 1.165) is 12.8 Å². The predicted octanol–water partition coefficient (Wildman–Crippen LogP) is 3.88. The minimum atomic E-state index is -0.671. The summed E-state index contributed by atoms with van der Waals surface area (Å²) in [5, 5.41) is 0. The Hall–Kier alpha value is -0.830. The number of halogens is 3. The maximum atomic E-state index is 13.4. The molecule has 2 rings (SSSR count). The zero-order valence-electron chi connectivity index (χ0n) is 8.81. The maximum absolute atomic E-state index is 13.4. The second-order valence-corrected chi connectivity index (χ2v) is 4.40. The Balaban J connectivity index is 2.06. The van der Waals surface area contributed by atoms with E-state index in [9.17, 15) is 8.78 Å². The summed E-state index contributed by atoms with van der Waals surface area (Å²) in [4.78, 5) is 0. The van der Waals surface area contributed by atoms with Crippen LogP contribution < -0.4 is 4.74 Å². The summed E-state index contributed by atoms with van der Waals surface area (Å²) < 4.78 is 32.1. The van der Waals surface area contributed by atoms with Gasteiger partial charge in [0.15, 0.2) is 17.4 Å². The van der Waals surface area contributed by atoms with Gasteiger partial charge in [0.05, 0.1) is 6.61 Å². The van der Waals surface area contributed by atoms with E-state index in [2.05, 4.69) is 0 Å². The number of hydrogen-bond donors (Lipinski definition) is 0. The van der Waals surface area contributed by atoms with Gasteiger partial charge < -0.3 is 4.74 Å². The molecule has 0 saturated heterocycles. The third kappa shape index (κ3) is 2.46. The summed E-state index contributed by atoms with van der Waals surface area (Å²) in [6.07, 6.45) is 3.36. The number of hydrogen-bond acceptors (Lipinski definition) is 1. The molecule has 4 heteroatoms. The van der Waals surface area contributed by atoms with Crippen LogP contribution in [0, 0.1) is 17.6 Å². The molecule has 0 atom stereocenters. The lowest BCUT2D eigenvalue weighted by Crippen LogP contribution is -2.20. The van der Waals surface area contributed by atoms with Crippen LogP contribution in [0.4, 0.5) is 8.78 Å². The molecule has 0 heterocycles. The van der Waals surface area contributed by atoms with Crippen molar-refractivity contribution in [3.63, 3.8) is 0 Å². The first-order valence-corrected chi connectivity index (χ1v) is 5.91. The highest BCUT2D eigenvalue weighted by atomic mass is 35.5. The summed E-state index contributed by atoms with van der Waals surface area (Å²) in [5.41, 5.74) is 0.424. The Morgan fingerprint density at radius 2 is 1.88 bits per heavy atom. The SMILES string of the molecule is Fc1cc(CCl)cc(F)c1OCC1CCC1. The maximum Gasteiger partial charge on any atom is 0.190 e. The molecule has 1 nitrogen and oxygen atoms in total. The van der Waals surface area contributed by atoms with Crippen LogP contribution in [0.3, 0.4) is 0 Å². The van der Waals surface area contributed by atoms with E-state index in [0.29, 0.717) is 18.1 Å². The average Bonchev–Trinajstić information content (AvgIpc) is 2.19. The first kappa shape index (κ1) is 11.6. The van der Waals surface area contributed by atoms with E-state index >= 15 is 0 Å². The van der Waals surface area contributed by atoms with Gasteiger partial charge in [0.25, 0.3) is 0 Å². The van der Waals surface area contributed by atoms with Crippen LogP contribution >= 0.6 is 11.6 Å². The van der Waals surface area contributed by atoms with Crippen molar-refractivity contribution < 1.29 is 13.5 Å². The molecule has 0 amide bonds. The Labute approximate surface area is 98.4 Å². The van der Waals surface area contributed by atoms with Crippen molar-refractivity contribution in [2.75, 3.05) is 6.61 Å². The fourth-order valence-corrected chi connectivity index (χ4v) is 1.84. The van der Waals surface area contributed by atoms with Crippen molar-refractivity contribution in [3.05, 3.63) is 29.3 Å². The van der Waals surface area contributed by atoms with Gasteiger partial charge in [0.1, 0.15) is 0 Å². The molecular formula is C12H13ClF2O. The first-order valence-electron chi connectivity index (χ1n) is 5.37. The number of ether oxygens (including phenoxy) is 1. The highest BCUT2D eigenvalue weighted by Gasteiger charge is 2.20. The third-order valence-corrected chi connectivity index (χ3v) is 3.21. The van der Waals surface area contributed by atoms with E-state index < -0.39 is 11.6 Å². The van der Waals surface area contributed by atoms with Gasteiger partial charge in [-0.15, -0.1) is 11.6 Å². The molecule has 16 heavy (non-hydrogen) atoms. The van der Waals surface area contributed by atoms with Crippen molar-refractivity contribution in [3.8, 4) is 5.75 Å². The lowest BCUT2D eigenvalue weighted by Gasteiger charge is -2.25. The number of rotatable bonds is 4. The molecule has 1 aliphatic carbocycles. The minimum absolute atomic E-state index is 0.0940. The molecule has 0 N–H and O–H groups in total. The molecule has 0 bridgehead atoms. The molecule has 88 valence electrons. The van der Waals surface area contributed by atoms with Crippen molar-refractivity contribution in [1.29, 1.82) is 0 Å². The Morgan fingerprint density at radius 3 is 2.31 bits per heavy atom. The summed E-state index contributed by atoms with van der Waals surface area (Å²) in [6, 6.07) is 2.43. The van der Waals surface area contributed by atoms with Gasteiger partial charge >= 0.3 is 0 Å². The van der Waals surface area contributed by atoms with Crippen LogP contribution in [0.25, 0.3) is 0 Å². The van der Waals surface area contributed by atoms with Crippen molar-refractivity contribution >= 4 is 11.6 Å². The van der Waals surface area contributed by atoms with E-state index in [1.807, 2.05) is 0 Å². The van der Waals surface area contributed by atoms with Crippen LogP contribution in [-0.4, -0.2) is 6.61 Å². The predicted molar refractivity (Wildman–Crippen MR) is 58.8 cm³/mol. The standard InChI is InChI=1S/C12H13ClF2O/c13-6-9-4-10(14)12(11(15)5-9)16-7-8-2-1-3-8/h4-5,8H,1-3,6-7H2. The minimum Gasteiger partial charge on any atom is -0.487 e. The van der Waals surface area contributed by atoms with Gasteiger partial charge in [-0.25, -0.2) is 8.78 Å². The Kier molecular flexibility index (Phi) is 3.64. The van der Waals surface area contributed by atoms with Crippen LogP contribution in [0.1, 0.15) is 24.8 Å². The lowest BCUT2D eigenvalue weighted by molar-refractivity contribution is 0.170. The summed E-state index contributed by atoms with van der Waals surface area (Å²) >= 11 is 5.51. The van der Waals surface area contributed by atoms with Crippen molar-refractivity contribution in [2.24, 2.45) is 5.92 Å². The molecule has 0 unspecified atom stereocenters. The molecule has 1 fully saturated rings. The third-order valence-electron chi connectivity index (χ3n) is 2.90. The second kappa shape index (κ2) is 5.00. The van der Waals surface area contributed by atoms with E-state index in [1.165, 1.54) is 18.6 Å². The zero-order chi connectivity index (χ0) is 11.5. The smallest absolute Gasteiger partial charge is 0.190 e. The van der Waals surface area contributed by atoms with E-state index in [1.54, 1.807) is 0 Å². The van der Waals surface area contributed by atoms with Gasteiger partial charge in [-0.3, -0.25) is 0 Å². The summed E-state index contributed by atoms with van der Waals surface area (Å²) in [7, 11) is 0. The van der Waals surface area contributed by atoms with Gasteiger partial charge in [-0.05, 0) is 36.5 Å². The van der Waals surface area contributed by atoms with Gasteiger partial charge in [0.2, 0.25) is 0 Å². The highest BCUT2D eigenvalue weighted by Crippen LogP contribution is 2.29. The average molecular weight is 247 g/mol.